The van der Waals surface area contributed by atoms with Crippen LogP contribution in [-0.4, -0.2) is 74.0 Å². The minimum Gasteiger partial charge on any atom is -0.357 e. The summed E-state index contributed by atoms with van der Waals surface area (Å²) in [4.78, 5) is 21.2. The second kappa shape index (κ2) is 11.8. The largest absolute Gasteiger partial charge is 0.357 e. The number of nitrogens with one attached hydrogen (secondary N) is 2. The molecule has 0 bridgehead atoms. The molecule has 1 saturated heterocycles. The van der Waals surface area contributed by atoms with Gasteiger partial charge in [0, 0.05) is 44.8 Å². The summed E-state index contributed by atoms with van der Waals surface area (Å²) in [6.45, 7) is 10.3. The summed E-state index contributed by atoms with van der Waals surface area (Å²) in [5.41, 5.74) is 1.88. The van der Waals surface area contributed by atoms with Crippen LogP contribution in [0.4, 0.5) is 0 Å². The van der Waals surface area contributed by atoms with E-state index in [4.69, 9.17) is 4.99 Å². The van der Waals surface area contributed by atoms with E-state index in [1.54, 1.807) is 19.0 Å². The third-order valence-corrected chi connectivity index (χ3v) is 5.56. The monoisotopic (exact) mass is 401 g/mol. The molecule has 1 amide bonds. The molecular weight excluding hydrogens is 362 g/mol. The van der Waals surface area contributed by atoms with E-state index in [-0.39, 0.29) is 5.91 Å². The van der Waals surface area contributed by atoms with Crippen LogP contribution in [-0.2, 0) is 6.42 Å². The lowest BCUT2D eigenvalue weighted by Gasteiger charge is -2.37. The molecule has 1 aromatic carbocycles. The van der Waals surface area contributed by atoms with Crippen molar-refractivity contribution in [2.75, 3.05) is 40.3 Å². The van der Waals surface area contributed by atoms with E-state index >= 15 is 0 Å². The molecule has 1 heterocycles. The lowest BCUT2D eigenvalue weighted by atomic mass is 10.0. The highest BCUT2D eigenvalue weighted by Crippen LogP contribution is 2.19. The van der Waals surface area contributed by atoms with Crippen molar-refractivity contribution in [1.29, 1.82) is 0 Å². The molecule has 2 atom stereocenters. The Labute approximate surface area is 176 Å². The number of amides is 1. The van der Waals surface area contributed by atoms with Crippen LogP contribution >= 0.6 is 0 Å². The number of rotatable bonds is 8. The Morgan fingerprint density at radius 2 is 2.10 bits per heavy atom. The number of carbonyl (C=O) groups is 1. The third-order valence-electron chi connectivity index (χ3n) is 5.56. The van der Waals surface area contributed by atoms with E-state index in [0.717, 1.165) is 43.1 Å². The Morgan fingerprint density at radius 1 is 1.31 bits per heavy atom. The fourth-order valence-electron chi connectivity index (χ4n) is 3.89. The van der Waals surface area contributed by atoms with Crippen LogP contribution in [0.5, 0.6) is 0 Å². The van der Waals surface area contributed by atoms with E-state index in [1.807, 2.05) is 18.2 Å². The Balaban J connectivity index is 1.88. The SMILES string of the molecule is CCNC(=NCC(C)N1CCCCC1C)NCCc1cccc(C(=O)N(C)C)c1. The normalized spacial score (nSPS) is 18.9. The van der Waals surface area contributed by atoms with Crippen molar-refractivity contribution in [3.05, 3.63) is 35.4 Å². The number of carbonyl (C=O) groups excluding carboxylic acids is 1. The first-order valence-electron chi connectivity index (χ1n) is 11.0. The van der Waals surface area contributed by atoms with Gasteiger partial charge in [0.1, 0.15) is 0 Å². The molecule has 29 heavy (non-hydrogen) atoms. The molecule has 6 nitrogen and oxygen atoms in total. The van der Waals surface area contributed by atoms with Crippen LogP contribution in [0.3, 0.4) is 0 Å². The molecule has 1 aromatic rings. The van der Waals surface area contributed by atoms with E-state index < -0.39 is 0 Å². The molecule has 0 aliphatic carbocycles. The van der Waals surface area contributed by atoms with Crippen LogP contribution < -0.4 is 10.6 Å². The minimum absolute atomic E-state index is 0.0376. The summed E-state index contributed by atoms with van der Waals surface area (Å²) in [5.74, 6) is 0.903. The van der Waals surface area contributed by atoms with Gasteiger partial charge in [-0.15, -0.1) is 0 Å². The standard InChI is InChI=1S/C23H39N5O/c1-6-24-23(26-17-19(3)28-15-8-7-10-18(28)2)25-14-13-20-11-9-12-21(16-20)22(29)27(4)5/h9,11-12,16,18-19H,6-8,10,13-15,17H2,1-5H3,(H2,24,25,26). The first-order valence-corrected chi connectivity index (χ1v) is 11.0. The fraction of sp³-hybridized carbons (Fsp3) is 0.652. The second-order valence-corrected chi connectivity index (χ2v) is 8.23. The van der Waals surface area contributed by atoms with Crippen LogP contribution in [0.1, 0.15) is 56.0 Å². The summed E-state index contributed by atoms with van der Waals surface area (Å²) in [6, 6.07) is 8.98. The van der Waals surface area contributed by atoms with Gasteiger partial charge in [0.15, 0.2) is 5.96 Å². The lowest BCUT2D eigenvalue weighted by molar-refractivity contribution is 0.0827. The number of hydrogen-bond donors (Lipinski definition) is 2. The number of hydrogen-bond acceptors (Lipinski definition) is 3. The van der Waals surface area contributed by atoms with Gasteiger partial charge >= 0.3 is 0 Å². The molecule has 162 valence electrons. The topological polar surface area (TPSA) is 60.0 Å². The molecule has 2 unspecified atom stereocenters. The quantitative estimate of drug-likeness (QED) is 0.519. The average Bonchev–Trinajstić information content (AvgIpc) is 2.71. The molecule has 6 heteroatoms. The van der Waals surface area contributed by atoms with Gasteiger partial charge in [-0.3, -0.25) is 14.7 Å². The number of benzene rings is 1. The van der Waals surface area contributed by atoms with E-state index in [9.17, 15) is 4.79 Å². The number of likely N-dealkylation sites (tertiary alicyclic amines) is 1. The Kier molecular flexibility index (Phi) is 9.45. The average molecular weight is 402 g/mol. The van der Waals surface area contributed by atoms with Crippen molar-refractivity contribution >= 4 is 11.9 Å². The zero-order valence-electron chi connectivity index (χ0n) is 18.9. The molecule has 0 aromatic heterocycles. The van der Waals surface area contributed by atoms with Gasteiger partial charge in [-0.05, 0) is 64.3 Å². The second-order valence-electron chi connectivity index (χ2n) is 8.23. The van der Waals surface area contributed by atoms with Crippen molar-refractivity contribution < 1.29 is 4.79 Å². The summed E-state index contributed by atoms with van der Waals surface area (Å²) in [6.07, 6.45) is 4.78. The zero-order chi connectivity index (χ0) is 21.2. The molecule has 0 radical (unpaired) electrons. The highest BCUT2D eigenvalue weighted by molar-refractivity contribution is 5.94. The molecule has 0 saturated carbocycles. The molecule has 1 fully saturated rings. The zero-order valence-corrected chi connectivity index (χ0v) is 18.9. The maximum atomic E-state index is 12.1. The maximum absolute atomic E-state index is 12.1. The van der Waals surface area contributed by atoms with Gasteiger partial charge in [0.25, 0.3) is 5.91 Å². The van der Waals surface area contributed by atoms with E-state index in [1.165, 1.54) is 25.8 Å². The smallest absolute Gasteiger partial charge is 0.253 e. The fourth-order valence-corrected chi connectivity index (χ4v) is 3.89. The van der Waals surface area contributed by atoms with E-state index in [0.29, 0.717) is 12.1 Å². The molecule has 1 aliphatic rings. The molecule has 2 N–H and O–H groups in total. The predicted molar refractivity (Wildman–Crippen MR) is 122 cm³/mol. The molecular formula is C23H39N5O. The van der Waals surface area contributed by atoms with Gasteiger partial charge in [-0.2, -0.15) is 0 Å². The Bertz CT molecular complexity index is 673. The highest BCUT2D eigenvalue weighted by atomic mass is 16.2. The van der Waals surface area contributed by atoms with Crippen molar-refractivity contribution in [3.63, 3.8) is 0 Å². The number of nitrogens with zero attached hydrogens (tertiary/aromatic N) is 3. The van der Waals surface area contributed by atoms with Gasteiger partial charge < -0.3 is 15.5 Å². The summed E-state index contributed by atoms with van der Waals surface area (Å²) < 4.78 is 0. The van der Waals surface area contributed by atoms with E-state index in [2.05, 4.69) is 42.4 Å². The van der Waals surface area contributed by atoms with Crippen molar-refractivity contribution in [2.24, 2.45) is 4.99 Å². The minimum atomic E-state index is 0.0376. The summed E-state index contributed by atoms with van der Waals surface area (Å²) >= 11 is 0. The number of aliphatic imine (C=N–C) groups is 1. The van der Waals surface area contributed by atoms with Crippen molar-refractivity contribution in [1.82, 2.24) is 20.4 Å². The van der Waals surface area contributed by atoms with Gasteiger partial charge in [0.05, 0.1) is 6.54 Å². The van der Waals surface area contributed by atoms with Gasteiger partial charge in [-0.1, -0.05) is 18.6 Å². The molecule has 2 rings (SSSR count). The van der Waals surface area contributed by atoms with Gasteiger partial charge in [-0.25, -0.2) is 0 Å². The highest BCUT2D eigenvalue weighted by Gasteiger charge is 2.22. The number of guanidine groups is 1. The van der Waals surface area contributed by atoms with Crippen molar-refractivity contribution in [2.45, 2.75) is 58.5 Å². The Hall–Kier alpha value is -2.08. The predicted octanol–water partition coefficient (Wildman–Crippen LogP) is 2.75. The third kappa shape index (κ3) is 7.35. The van der Waals surface area contributed by atoms with Gasteiger partial charge in [0.2, 0.25) is 0 Å². The van der Waals surface area contributed by atoms with Crippen LogP contribution in [0.15, 0.2) is 29.3 Å². The summed E-state index contributed by atoms with van der Waals surface area (Å²) in [7, 11) is 3.56. The van der Waals surface area contributed by atoms with Crippen molar-refractivity contribution in [3.8, 4) is 0 Å². The Morgan fingerprint density at radius 3 is 2.79 bits per heavy atom. The number of piperidine rings is 1. The molecule has 1 aliphatic heterocycles. The lowest BCUT2D eigenvalue weighted by Crippen LogP contribution is -2.45. The van der Waals surface area contributed by atoms with Crippen LogP contribution in [0.25, 0.3) is 0 Å². The summed E-state index contributed by atoms with van der Waals surface area (Å²) in [5, 5.41) is 6.78. The first kappa shape index (κ1) is 23.2. The maximum Gasteiger partial charge on any atom is 0.253 e. The molecule has 0 spiro atoms. The first-order chi connectivity index (χ1) is 13.9. The van der Waals surface area contributed by atoms with Crippen LogP contribution in [0, 0.1) is 0 Å². The van der Waals surface area contributed by atoms with Crippen LogP contribution in [0.2, 0.25) is 0 Å².